The predicted molar refractivity (Wildman–Crippen MR) is 60.8 cm³/mol. The summed E-state index contributed by atoms with van der Waals surface area (Å²) >= 11 is 0. The number of aromatic carboxylic acids is 1. The lowest BCUT2D eigenvalue weighted by molar-refractivity contribution is -0.255. The van der Waals surface area contributed by atoms with Gasteiger partial charge >= 0.3 is 0 Å². The van der Waals surface area contributed by atoms with Crippen LogP contribution in [0.15, 0.2) is 23.1 Å². The van der Waals surface area contributed by atoms with Gasteiger partial charge in [0.25, 0.3) is 0 Å². The molecular weight excluding hydrogens is 261 g/mol. The van der Waals surface area contributed by atoms with Crippen molar-refractivity contribution in [3.05, 3.63) is 29.6 Å². The first-order valence-electron chi connectivity index (χ1n) is 5.08. The van der Waals surface area contributed by atoms with Gasteiger partial charge in [-0.2, -0.15) is 0 Å². The summed E-state index contributed by atoms with van der Waals surface area (Å²) in [7, 11) is -4.12. The number of hydrogen-bond donors (Lipinski definition) is 1. The number of benzene rings is 1. The van der Waals surface area contributed by atoms with Crippen LogP contribution in [0, 0.1) is 5.82 Å². The maximum absolute atomic E-state index is 13.5. The van der Waals surface area contributed by atoms with Crippen molar-refractivity contribution in [2.45, 2.75) is 31.2 Å². The summed E-state index contributed by atoms with van der Waals surface area (Å²) < 4.78 is 39.5. The molecule has 0 aromatic heterocycles. The van der Waals surface area contributed by atoms with Crippen molar-refractivity contribution in [3.8, 4) is 0 Å². The number of sulfonamides is 1. The Balaban J connectivity index is 3.32. The van der Waals surface area contributed by atoms with Gasteiger partial charge in [0.15, 0.2) is 0 Å². The molecule has 0 unspecified atom stereocenters. The Labute approximate surface area is 105 Å². The van der Waals surface area contributed by atoms with Gasteiger partial charge in [0.2, 0.25) is 10.0 Å². The number of rotatable bonds is 3. The first-order chi connectivity index (χ1) is 8.03. The second kappa shape index (κ2) is 4.66. The van der Waals surface area contributed by atoms with E-state index in [2.05, 4.69) is 4.72 Å². The highest BCUT2D eigenvalue weighted by atomic mass is 32.2. The van der Waals surface area contributed by atoms with E-state index in [1.807, 2.05) is 0 Å². The number of carbonyl (C=O) groups excluding carboxylic acids is 1. The maximum Gasteiger partial charge on any atom is 0.243 e. The summed E-state index contributed by atoms with van der Waals surface area (Å²) in [5.41, 5.74) is -1.20. The van der Waals surface area contributed by atoms with Crippen LogP contribution in [-0.4, -0.2) is 19.9 Å². The quantitative estimate of drug-likeness (QED) is 0.857. The van der Waals surface area contributed by atoms with Crippen LogP contribution in [0.1, 0.15) is 31.1 Å². The third kappa shape index (κ3) is 3.51. The fraction of sp³-hybridized carbons (Fsp3) is 0.364. The van der Waals surface area contributed by atoms with Gasteiger partial charge in [-0.1, -0.05) is 6.07 Å². The Morgan fingerprint density at radius 2 is 1.89 bits per heavy atom. The van der Waals surface area contributed by atoms with E-state index >= 15 is 0 Å². The molecule has 0 aliphatic heterocycles. The number of nitrogens with one attached hydrogen (secondary N) is 1. The molecule has 1 aromatic rings. The average molecular weight is 274 g/mol. The van der Waals surface area contributed by atoms with Gasteiger partial charge < -0.3 is 9.90 Å². The normalized spacial score (nSPS) is 12.4. The summed E-state index contributed by atoms with van der Waals surface area (Å²) in [5.74, 6) is -2.58. The second-order valence-electron chi connectivity index (χ2n) is 4.79. The van der Waals surface area contributed by atoms with Crippen LogP contribution in [0.25, 0.3) is 0 Å². The Bertz CT molecular complexity index is 575. The molecule has 0 atom stereocenters. The van der Waals surface area contributed by atoms with Crippen LogP contribution in [0.2, 0.25) is 0 Å². The first kappa shape index (κ1) is 14.6. The van der Waals surface area contributed by atoms with Gasteiger partial charge in [-0.25, -0.2) is 17.5 Å². The summed E-state index contributed by atoms with van der Waals surface area (Å²) in [6, 6.07) is 2.46. The third-order valence-electron chi connectivity index (χ3n) is 1.90. The molecule has 1 N–H and O–H groups in total. The molecule has 0 saturated carbocycles. The number of carboxylic acid groups (broad SMARTS) is 1. The summed E-state index contributed by atoms with van der Waals surface area (Å²) in [5, 5.41) is 10.6. The second-order valence-corrected chi connectivity index (χ2v) is 6.44. The van der Waals surface area contributed by atoms with Crippen LogP contribution >= 0.6 is 0 Å². The molecule has 5 nitrogen and oxygen atoms in total. The average Bonchev–Trinajstić information content (AvgIpc) is 2.13. The Morgan fingerprint density at radius 3 is 2.33 bits per heavy atom. The predicted octanol–water partition coefficient (Wildman–Crippen LogP) is 0.266. The van der Waals surface area contributed by atoms with Gasteiger partial charge in [0.05, 0.1) is 5.97 Å². The molecule has 0 spiro atoms. The van der Waals surface area contributed by atoms with Crippen molar-refractivity contribution in [2.75, 3.05) is 0 Å². The summed E-state index contributed by atoms with van der Waals surface area (Å²) in [6.45, 7) is 4.77. The first-order valence-corrected chi connectivity index (χ1v) is 6.56. The van der Waals surface area contributed by atoms with E-state index in [-0.39, 0.29) is 0 Å². The molecule has 0 amide bonds. The van der Waals surface area contributed by atoms with E-state index in [4.69, 9.17) is 0 Å². The molecule has 0 saturated heterocycles. The van der Waals surface area contributed by atoms with Crippen LogP contribution in [0.3, 0.4) is 0 Å². The van der Waals surface area contributed by atoms with Crippen LogP contribution < -0.4 is 9.83 Å². The zero-order valence-electron chi connectivity index (χ0n) is 10.2. The molecule has 0 heterocycles. The van der Waals surface area contributed by atoms with E-state index in [0.29, 0.717) is 0 Å². The van der Waals surface area contributed by atoms with Crippen molar-refractivity contribution >= 4 is 16.0 Å². The standard InChI is InChI=1S/C11H14FNO4S/c1-11(2,3)13-18(16,17)9-6-7(10(14)15)4-5-8(9)12/h4-6,13H,1-3H3,(H,14,15)/p-1. The number of carbonyl (C=O) groups is 1. The third-order valence-corrected chi connectivity index (χ3v) is 3.67. The van der Waals surface area contributed by atoms with Crippen molar-refractivity contribution in [1.82, 2.24) is 4.72 Å². The van der Waals surface area contributed by atoms with Crippen molar-refractivity contribution < 1.29 is 22.7 Å². The van der Waals surface area contributed by atoms with Crippen molar-refractivity contribution in [2.24, 2.45) is 0 Å². The van der Waals surface area contributed by atoms with Gasteiger partial charge in [-0.05, 0) is 38.5 Å². The van der Waals surface area contributed by atoms with E-state index < -0.39 is 37.8 Å². The van der Waals surface area contributed by atoms with Crippen LogP contribution in [-0.2, 0) is 10.0 Å². The lowest BCUT2D eigenvalue weighted by atomic mass is 10.1. The monoisotopic (exact) mass is 274 g/mol. The van der Waals surface area contributed by atoms with E-state index in [1.54, 1.807) is 20.8 Å². The zero-order valence-corrected chi connectivity index (χ0v) is 11.0. The molecule has 0 aliphatic carbocycles. The highest BCUT2D eigenvalue weighted by Crippen LogP contribution is 2.18. The number of hydrogen-bond acceptors (Lipinski definition) is 4. The van der Waals surface area contributed by atoms with Crippen LogP contribution in [0.4, 0.5) is 4.39 Å². The fourth-order valence-electron chi connectivity index (χ4n) is 1.29. The highest BCUT2D eigenvalue weighted by Gasteiger charge is 2.25. The minimum atomic E-state index is -4.12. The molecule has 0 aliphatic rings. The smallest absolute Gasteiger partial charge is 0.243 e. The lowest BCUT2D eigenvalue weighted by Crippen LogP contribution is -2.40. The van der Waals surface area contributed by atoms with Gasteiger partial charge in [-0.15, -0.1) is 0 Å². The topological polar surface area (TPSA) is 86.3 Å². The number of halogens is 1. The van der Waals surface area contributed by atoms with Crippen molar-refractivity contribution in [3.63, 3.8) is 0 Å². The van der Waals surface area contributed by atoms with Crippen molar-refractivity contribution in [1.29, 1.82) is 0 Å². The van der Waals surface area contributed by atoms with E-state index in [1.165, 1.54) is 0 Å². The Morgan fingerprint density at radius 1 is 1.33 bits per heavy atom. The van der Waals surface area contributed by atoms with E-state index in [9.17, 15) is 22.7 Å². The minimum absolute atomic E-state index is 0.398. The highest BCUT2D eigenvalue weighted by molar-refractivity contribution is 7.89. The fourth-order valence-corrected chi connectivity index (χ4v) is 2.82. The minimum Gasteiger partial charge on any atom is -0.545 e. The van der Waals surface area contributed by atoms with Crippen LogP contribution in [0.5, 0.6) is 0 Å². The summed E-state index contributed by atoms with van der Waals surface area (Å²) in [6.07, 6.45) is 0. The summed E-state index contributed by atoms with van der Waals surface area (Å²) in [4.78, 5) is 9.92. The molecule has 0 radical (unpaired) electrons. The molecule has 1 rings (SSSR count). The van der Waals surface area contributed by atoms with Gasteiger partial charge in [-0.3, -0.25) is 0 Å². The van der Waals surface area contributed by atoms with E-state index in [0.717, 1.165) is 18.2 Å². The maximum atomic E-state index is 13.5. The van der Waals surface area contributed by atoms with Gasteiger partial charge in [0, 0.05) is 5.54 Å². The molecular formula is C11H13FNO4S-. The largest absolute Gasteiger partial charge is 0.545 e. The van der Waals surface area contributed by atoms with Gasteiger partial charge in [0.1, 0.15) is 10.7 Å². The zero-order chi connectivity index (χ0) is 14.1. The Hall–Kier alpha value is -1.47. The molecule has 0 fully saturated rings. The molecule has 1 aromatic carbocycles. The number of carboxylic acids is 1. The lowest BCUT2D eigenvalue weighted by Gasteiger charge is -2.20. The molecule has 18 heavy (non-hydrogen) atoms. The molecule has 0 bridgehead atoms. The Kier molecular flexibility index (Phi) is 3.78. The SMILES string of the molecule is CC(C)(C)NS(=O)(=O)c1cc(C(=O)[O-])ccc1F. The molecule has 7 heteroatoms. The molecule has 100 valence electrons.